The molecule has 1 nitrogen and oxygen atoms in total. The molecular weight excluding hydrogens is 298 g/mol. The van der Waals surface area contributed by atoms with Gasteiger partial charge < -0.3 is 0 Å². The average molecular weight is 309 g/mol. The summed E-state index contributed by atoms with van der Waals surface area (Å²) in [6.07, 6.45) is 0. The van der Waals surface area contributed by atoms with Crippen LogP contribution in [-0.2, 0) is 0 Å². The highest BCUT2D eigenvalue weighted by Gasteiger charge is 2.11. The largest absolute Gasteiger partial charge is 0.294 e. The fraction of sp³-hybridized carbons (Fsp3) is 0.300. The van der Waals surface area contributed by atoms with E-state index in [0.29, 0.717) is 10.6 Å². The fourth-order valence-electron chi connectivity index (χ4n) is 0.983. The summed E-state index contributed by atoms with van der Waals surface area (Å²) in [5.74, 6) is 0.162. The summed E-state index contributed by atoms with van der Waals surface area (Å²) in [5, 5.41) is 0.645. The Bertz CT molecular complexity index is 334. The lowest BCUT2D eigenvalue weighted by Gasteiger charge is -2.04. The van der Waals surface area contributed by atoms with Crippen molar-refractivity contribution >= 4 is 40.0 Å². The highest BCUT2D eigenvalue weighted by molar-refractivity contribution is 14.1. The van der Waals surface area contributed by atoms with E-state index in [4.69, 9.17) is 11.6 Å². The number of rotatable bonds is 2. The predicted molar refractivity (Wildman–Crippen MR) is 63.3 cm³/mol. The Morgan fingerprint density at radius 3 is 2.54 bits per heavy atom. The first-order valence-electron chi connectivity index (χ1n) is 4.01. The molecule has 0 unspecified atom stereocenters. The Morgan fingerprint density at radius 1 is 1.46 bits per heavy atom. The monoisotopic (exact) mass is 308 g/mol. The predicted octanol–water partition coefficient (Wildman–Crippen LogP) is 3.78. The molecule has 1 aromatic carbocycles. The SMILES string of the molecule is CC(C)C(=O)c1ccc(I)c(Cl)c1. The van der Waals surface area contributed by atoms with E-state index in [9.17, 15) is 4.79 Å². The lowest BCUT2D eigenvalue weighted by molar-refractivity contribution is 0.0939. The topological polar surface area (TPSA) is 17.1 Å². The third-order valence-electron chi connectivity index (χ3n) is 1.73. The van der Waals surface area contributed by atoms with Crippen molar-refractivity contribution in [3.8, 4) is 0 Å². The second-order valence-corrected chi connectivity index (χ2v) is 4.72. The molecule has 13 heavy (non-hydrogen) atoms. The Morgan fingerprint density at radius 2 is 2.08 bits per heavy atom. The van der Waals surface area contributed by atoms with Crippen LogP contribution in [0.5, 0.6) is 0 Å². The van der Waals surface area contributed by atoms with Crippen molar-refractivity contribution < 1.29 is 4.79 Å². The number of Topliss-reactive ketones (excluding diaryl/α,β-unsaturated/α-hetero) is 1. The first kappa shape index (κ1) is 11.0. The third-order valence-corrected chi connectivity index (χ3v) is 3.30. The van der Waals surface area contributed by atoms with Crippen LogP contribution in [-0.4, -0.2) is 5.78 Å². The average Bonchev–Trinajstić information content (AvgIpc) is 2.08. The van der Waals surface area contributed by atoms with Crippen LogP contribution in [0.15, 0.2) is 18.2 Å². The summed E-state index contributed by atoms with van der Waals surface area (Å²) in [6, 6.07) is 5.40. The zero-order chi connectivity index (χ0) is 10.0. The van der Waals surface area contributed by atoms with Gasteiger partial charge in [-0.3, -0.25) is 4.79 Å². The van der Waals surface area contributed by atoms with Crippen LogP contribution in [0.1, 0.15) is 24.2 Å². The molecule has 0 saturated heterocycles. The molecule has 3 heteroatoms. The molecule has 0 aliphatic heterocycles. The number of halogens is 2. The molecule has 0 heterocycles. The van der Waals surface area contributed by atoms with Gasteiger partial charge in [0.25, 0.3) is 0 Å². The molecule has 0 radical (unpaired) electrons. The lowest BCUT2D eigenvalue weighted by Crippen LogP contribution is -2.07. The van der Waals surface area contributed by atoms with Gasteiger partial charge in [0.1, 0.15) is 0 Å². The van der Waals surface area contributed by atoms with Gasteiger partial charge in [0.15, 0.2) is 5.78 Å². The van der Waals surface area contributed by atoms with Crippen LogP contribution in [0.4, 0.5) is 0 Å². The molecule has 1 rings (SSSR count). The lowest BCUT2D eigenvalue weighted by atomic mass is 10.0. The molecule has 0 aliphatic carbocycles. The maximum Gasteiger partial charge on any atom is 0.165 e. The summed E-state index contributed by atoms with van der Waals surface area (Å²) in [5.41, 5.74) is 0.695. The Labute approximate surface area is 96.6 Å². The van der Waals surface area contributed by atoms with Crippen molar-refractivity contribution in [2.24, 2.45) is 5.92 Å². The van der Waals surface area contributed by atoms with Crippen LogP contribution in [0.3, 0.4) is 0 Å². The summed E-state index contributed by atoms with van der Waals surface area (Å²) < 4.78 is 0.972. The van der Waals surface area contributed by atoms with Gasteiger partial charge >= 0.3 is 0 Å². The Kier molecular flexibility index (Phi) is 3.74. The summed E-state index contributed by atoms with van der Waals surface area (Å²) in [7, 11) is 0. The van der Waals surface area contributed by atoms with Gasteiger partial charge in [-0.1, -0.05) is 31.5 Å². The van der Waals surface area contributed by atoms with Gasteiger partial charge in [0, 0.05) is 15.1 Å². The molecule has 0 atom stereocenters. The van der Waals surface area contributed by atoms with Crippen molar-refractivity contribution in [3.05, 3.63) is 32.4 Å². The van der Waals surface area contributed by atoms with Crippen molar-refractivity contribution in [1.82, 2.24) is 0 Å². The van der Waals surface area contributed by atoms with Crippen molar-refractivity contribution in [2.45, 2.75) is 13.8 Å². The number of benzene rings is 1. The maximum atomic E-state index is 11.5. The van der Waals surface area contributed by atoms with Gasteiger partial charge in [-0.15, -0.1) is 0 Å². The normalized spacial score (nSPS) is 10.5. The minimum Gasteiger partial charge on any atom is -0.294 e. The molecule has 0 aliphatic rings. The molecule has 0 saturated carbocycles. The summed E-state index contributed by atoms with van der Waals surface area (Å²) >= 11 is 8.04. The third kappa shape index (κ3) is 2.68. The van der Waals surface area contributed by atoms with E-state index >= 15 is 0 Å². The molecule has 70 valence electrons. The molecule has 0 aromatic heterocycles. The number of hydrogen-bond acceptors (Lipinski definition) is 1. The molecule has 0 fully saturated rings. The number of hydrogen-bond donors (Lipinski definition) is 0. The smallest absolute Gasteiger partial charge is 0.165 e. The first-order chi connectivity index (χ1) is 6.02. The van der Waals surface area contributed by atoms with Crippen molar-refractivity contribution in [1.29, 1.82) is 0 Å². The fourth-order valence-corrected chi connectivity index (χ4v) is 1.50. The molecule has 0 N–H and O–H groups in total. The van der Waals surface area contributed by atoms with E-state index in [1.807, 2.05) is 26.0 Å². The van der Waals surface area contributed by atoms with E-state index in [0.717, 1.165) is 3.57 Å². The second kappa shape index (κ2) is 4.42. The van der Waals surface area contributed by atoms with E-state index in [1.54, 1.807) is 6.07 Å². The van der Waals surface area contributed by atoms with Crippen molar-refractivity contribution in [3.63, 3.8) is 0 Å². The Balaban J connectivity index is 3.04. The number of carbonyl (C=O) groups is 1. The van der Waals surface area contributed by atoms with Gasteiger partial charge in [0.2, 0.25) is 0 Å². The van der Waals surface area contributed by atoms with Crippen molar-refractivity contribution in [2.75, 3.05) is 0 Å². The first-order valence-corrected chi connectivity index (χ1v) is 5.47. The van der Waals surface area contributed by atoms with Gasteiger partial charge in [-0.25, -0.2) is 0 Å². The Hall–Kier alpha value is -0.0900. The van der Waals surface area contributed by atoms with E-state index < -0.39 is 0 Å². The van der Waals surface area contributed by atoms with Crippen LogP contribution < -0.4 is 0 Å². The van der Waals surface area contributed by atoms with Crippen LogP contribution in [0.2, 0.25) is 5.02 Å². The minimum absolute atomic E-state index is 0.0242. The zero-order valence-electron chi connectivity index (χ0n) is 7.47. The molecule has 0 bridgehead atoms. The maximum absolute atomic E-state index is 11.5. The quantitative estimate of drug-likeness (QED) is 0.600. The molecule has 0 spiro atoms. The van der Waals surface area contributed by atoms with Gasteiger partial charge in [0.05, 0.1) is 5.02 Å². The zero-order valence-corrected chi connectivity index (χ0v) is 10.4. The second-order valence-electron chi connectivity index (χ2n) is 3.15. The van der Waals surface area contributed by atoms with E-state index in [2.05, 4.69) is 22.6 Å². The van der Waals surface area contributed by atoms with E-state index in [-0.39, 0.29) is 11.7 Å². The minimum atomic E-state index is 0.0242. The molecule has 0 amide bonds. The van der Waals surface area contributed by atoms with E-state index in [1.165, 1.54) is 0 Å². The number of carbonyl (C=O) groups excluding carboxylic acids is 1. The number of ketones is 1. The summed E-state index contributed by atoms with van der Waals surface area (Å²) in [6.45, 7) is 3.77. The summed E-state index contributed by atoms with van der Waals surface area (Å²) in [4.78, 5) is 11.5. The van der Waals surface area contributed by atoms with Gasteiger partial charge in [-0.2, -0.15) is 0 Å². The standard InChI is InChI=1S/C10H10ClIO/c1-6(2)10(13)7-3-4-9(12)8(11)5-7/h3-6H,1-2H3. The molecule has 1 aromatic rings. The van der Waals surface area contributed by atoms with Gasteiger partial charge in [-0.05, 0) is 34.7 Å². The van der Waals surface area contributed by atoms with Crippen LogP contribution in [0.25, 0.3) is 0 Å². The highest BCUT2D eigenvalue weighted by Crippen LogP contribution is 2.21. The molecular formula is C10H10ClIO. The highest BCUT2D eigenvalue weighted by atomic mass is 127. The van der Waals surface area contributed by atoms with Crippen LogP contribution >= 0.6 is 34.2 Å². The van der Waals surface area contributed by atoms with Crippen LogP contribution in [0, 0.1) is 9.49 Å².